The molecule has 1 aromatic carbocycles. The molecule has 3 heteroatoms. The van der Waals surface area contributed by atoms with E-state index in [0.29, 0.717) is 0 Å². The van der Waals surface area contributed by atoms with Crippen LogP contribution >= 0.6 is 0 Å². The van der Waals surface area contributed by atoms with E-state index in [2.05, 4.69) is 48.1 Å². The van der Waals surface area contributed by atoms with Gasteiger partial charge in [-0.15, -0.1) is 6.58 Å². The average molecular weight is 267 g/mol. The summed E-state index contributed by atoms with van der Waals surface area (Å²) in [4.78, 5) is 6.87. The second-order valence-corrected chi connectivity index (χ2v) is 5.48. The number of benzene rings is 1. The molecule has 1 fully saturated rings. The first-order valence-corrected chi connectivity index (χ1v) is 7.22. The van der Waals surface area contributed by atoms with Crippen molar-refractivity contribution in [3.05, 3.63) is 48.6 Å². The maximum Gasteiger partial charge on any atom is 0.129 e. The van der Waals surface area contributed by atoms with Crippen LogP contribution in [0.2, 0.25) is 0 Å². The Bertz CT molecular complexity index is 617. The number of pyridine rings is 1. The number of rotatable bonds is 6. The third kappa shape index (κ3) is 2.83. The highest BCUT2D eigenvalue weighted by molar-refractivity contribution is 5.84. The van der Waals surface area contributed by atoms with Gasteiger partial charge in [0.15, 0.2) is 0 Å². The molecule has 104 valence electrons. The van der Waals surface area contributed by atoms with Crippen LogP contribution in [-0.2, 0) is 6.54 Å². The summed E-state index contributed by atoms with van der Waals surface area (Å²) < 4.78 is 0. The fraction of sp³-hybridized carbons (Fsp3) is 0.353. The standard InChI is InChI=1S/C17H21N3/c1-3-10-20(2)17-11-13(12-18-14-8-9-14)15-6-4-5-7-16(15)19-17/h3-7,11,14,18H,1,8-10,12H2,2H3. The van der Waals surface area contributed by atoms with E-state index in [1.165, 1.54) is 23.8 Å². The van der Waals surface area contributed by atoms with Crippen LogP contribution in [0.1, 0.15) is 18.4 Å². The molecule has 0 saturated heterocycles. The van der Waals surface area contributed by atoms with Gasteiger partial charge in [-0.1, -0.05) is 24.3 Å². The summed E-state index contributed by atoms with van der Waals surface area (Å²) >= 11 is 0. The smallest absolute Gasteiger partial charge is 0.129 e. The summed E-state index contributed by atoms with van der Waals surface area (Å²) in [5.74, 6) is 1.01. The highest BCUT2D eigenvalue weighted by Gasteiger charge is 2.20. The van der Waals surface area contributed by atoms with E-state index < -0.39 is 0 Å². The summed E-state index contributed by atoms with van der Waals surface area (Å²) in [5, 5.41) is 4.84. The maximum absolute atomic E-state index is 4.75. The van der Waals surface area contributed by atoms with Gasteiger partial charge in [-0.2, -0.15) is 0 Å². The average Bonchev–Trinajstić information content (AvgIpc) is 3.29. The van der Waals surface area contributed by atoms with Crippen molar-refractivity contribution in [2.75, 3.05) is 18.5 Å². The van der Waals surface area contributed by atoms with Crippen LogP contribution < -0.4 is 10.2 Å². The lowest BCUT2D eigenvalue weighted by molar-refractivity contribution is 0.690. The van der Waals surface area contributed by atoms with Crippen LogP contribution in [-0.4, -0.2) is 24.6 Å². The molecule has 0 spiro atoms. The first-order chi connectivity index (χ1) is 9.78. The zero-order chi connectivity index (χ0) is 13.9. The van der Waals surface area contributed by atoms with Crippen molar-refractivity contribution >= 4 is 16.7 Å². The maximum atomic E-state index is 4.75. The summed E-state index contributed by atoms with van der Waals surface area (Å²) in [5.41, 5.74) is 2.39. The Morgan fingerprint density at radius 1 is 1.40 bits per heavy atom. The molecule has 0 atom stereocenters. The molecule has 2 aromatic rings. The van der Waals surface area contributed by atoms with E-state index in [0.717, 1.165) is 30.5 Å². The number of likely N-dealkylation sites (N-methyl/N-ethyl adjacent to an activating group) is 1. The Hall–Kier alpha value is -1.87. The highest BCUT2D eigenvalue weighted by Crippen LogP contribution is 2.24. The van der Waals surface area contributed by atoms with Crippen molar-refractivity contribution in [2.45, 2.75) is 25.4 Å². The van der Waals surface area contributed by atoms with Gasteiger partial charge >= 0.3 is 0 Å². The highest BCUT2D eigenvalue weighted by atomic mass is 15.2. The molecule has 0 radical (unpaired) electrons. The number of hydrogen-bond donors (Lipinski definition) is 1. The van der Waals surface area contributed by atoms with E-state index in [1.807, 2.05) is 12.1 Å². The molecule has 0 amide bonds. The summed E-state index contributed by atoms with van der Waals surface area (Å²) in [7, 11) is 2.05. The molecule has 0 aliphatic heterocycles. The fourth-order valence-corrected chi connectivity index (χ4v) is 2.40. The van der Waals surface area contributed by atoms with Gasteiger partial charge in [-0.3, -0.25) is 0 Å². The number of hydrogen-bond acceptors (Lipinski definition) is 3. The minimum atomic E-state index is 0.719. The van der Waals surface area contributed by atoms with E-state index in [4.69, 9.17) is 4.98 Å². The van der Waals surface area contributed by atoms with Crippen molar-refractivity contribution in [3.63, 3.8) is 0 Å². The molecule has 1 aromatic heterocycles. The van der Waals surface area contributed by atoms with Gasteiger partial charge in [0.1, 0.15) is 5.82 Å². The van der Waals surface area contributed by atoms with E-state index in [-0.39, 0.29) is 0 Å². The predicted molar refractivity (Wildman–Crippen MR) is 85.1 cm³/mol. The third-order valence-electron chi connectivity index (χ3n) is 3.74. The van der Waals surface area contributed by atoms with Gasteiger partial charge in [0.05, 0.1) is 5.52 Å². The molecular formula is C17H21N3. The predicted octanol–water partition coefficient (Wildman–Crippen LogP) is 3.11. The molecule has 20 heavy (non-hydrogen) atoms. The quantitative estimate of drug-likeness (QED) is 0.815. The molecule has 0 bridgehead atoms. The van der Waals surface area contributed by atoms with Gasteiger partial charge in [-0.05, 0) is 30.5 Å². The van der Waals surface area contributed by atoms with Gasteiger partial charge in [0.25, 0.3) is 0 Å². The largest absolute Gasteiger partial charge is 0.356 e. The van der Waals surface area contributed by atoms with Crippen molar-refractivity contribution in [1.82, 2.24) is 10.3 Å². The molecular weight excluding hydrogens is 246 g/mol. The van der Waals surface area contributed by atoms with Gasteiger partial charge in [0, 0.05) is 31.6 Å². The summed E-state index contributed by atoms with van der Waals surface area (Å²) in [6.45, 7) is 5.52. The van der Waals surface area contributed by atoms with E-state index in [1.54, 1.807) is 0 Å². The lowest BCUT2D eigenvalue weighted by Gasteiger charge is -2.18. The van der Waals surface area contributed by atoms with Gasteiger partial charge < -0.3 is 10.2 Å². The van der Waals surface area contributed by atoms with Crippen molar-refractivity contribution in [2.24, 2.45) is 0 Å². The molecule has 1 aliphatic carbocycles. The first-order valence-electron chi connectivity index (χ1n) is 7.22. The Balaban J connectivity index is 1.96. The monoisotopic (exact) mass is 267 g/mol. The lowest BCUT2D eigenvalue weighted by Crippen LogP contribution is -2.20. The minimum Gasteiger partial charge on any atom is -0.356 e. The van der Waals surface area contributed by atoms with E-state index in [9.17, 15) is 0 Å². The summed E-state index contributed by atoms with van der Waals surface area (Å²) in [6, 6.07) is 11.3. The molecule has 0 unspecified atom stereocenters. The molecule has 1 N–H and O–H groups in total. The Morgan fingerprint density at radius 2 is 2.20 bits per heavy atom. The molecule has 1 heterocycles. The number of nitrogens with zero attached hydrogens (tertiary/aromatic N) is 2. The van der Waals surface area contributed by atoms with Crippen LogP contribution in [0.5, 0.6) is 0 Å². The molecule has 3 rings (SSSR count). The van der Waals surface area contributed by atoms with Gasteiger partial charge in [0.2, 0.25) is 0 Å². The van der Waals surface area contributed by atoms with E-state index >= 15 is 0 Å². The minimum absolute atomic E-state index is 0.719. The number of nitrogens with one attached hydrogen (secondary N) is 1. The molecule has 1 aliphatic rings. The lowest BCUT2D eigenvalue weighted by atomic mass is 10.1. The van der Waals surface area contributed by atoms with Crippen molar-refractivity contribution in [3.8, 4) is 0 Å². The molecule has 1 saturated carbocycles. The Labute approximate surface area is 120 Å². The van der Waals surface area contributed by atoms with Crippen LogP contribution in [0, 0.1) is 0 Å². The van der Waals surface area contributed by atoms with Gasteiger partial charge in [-0.25, -0.2) is 4.98 Å². The zero-order valence-electron chi connectivity index (χ0n) is 12.0. The third-order valence-corrected chi connectivity index (χ3v) is 3.74. The number of aromatic nitrogens is 1. The normalized spacial score (nSPS) is 14.4. The topological polar surface area (TPSA) is 28.2 Å². The Morgan fingerprint density at radius 3 is 2.95 bits per heavy atom. The Kier molecular flexibility index (Phi) is 3.70. The molecule has 3 nitrogen and oxygen atoms in total. The fourth-order valence-electron chi connectivity index (χ4n) is 2.40. The van der Waals surface area contributed by atoms with Crippen LogP contribution in [0.4, 0.5) is 5.82 Å². The number of anilines is 1. The summed E-state index contributed by atoms with van der Waals surface area (Å²) in [6.07, 6.45) is 4.53. The first kappa shape index (κ1) is 13.1. The van der Waals surface area contributed by atoms with Crippen LogP contribution in [0.15, 0.2) is 43.0 Å². The van der Waals surface area contributed by atoms with Crippen molar-refractivity contribution in [1.29, 1.82) is 0 Å². The van der Waals surface area contributed by atoms with Crippen LogP contribution in [0.25, 0.3) is 10.9 Å². The second kappa shape index (κ2) is 5.63. The zero-order valence-corrected chi connectivity index (χ0v) is 12.0. The van der Waals surface area contributed by atoms with Crippen LogP contribution in [0.3, 0.4) is 0 Å². The second-order valence-electron chi connectivity index (χ2n) is 5.48. The number of para-hydroxylation sites is 1. The number of fused-ring (bicyclic) bond motifs is 1. The SMILES string of the molecule is C=CCN(C)c1cc(CNC2CC2)c2ccccc2n1. The van der Waals surface area contributed by atoms with Crippen molar-refractivity contribution < 1.29 is 0 Å².